The van der Waals surface area contributed by atoms with Gasteiger partial charge in [0.1, 0.15) is 5.75 Å². The molecule has 22 heavy (non-hydrogen) atoms. The molecule has 0 aliphatic carbocycles. The van der Waals surface area contributed by atoms with Crippen molar-refractivity contribution in [1.29, 1.82) is 0 Å². The van der Waals surface area contributed by atoms with E-state index in [0.29, 0.717) is 18.7 Å². The lowest BCUT2D eigenvalue weighted by Gasteiger charge is -2.09. The van der Waals surface area contributed by atoms with E-state index in [2.05, 4.69) is 5.32 Å². The van der Waals surface area contributed by atoms with E-state index in [1.165, 1.54) is 12.1 Å². The maximum Gasteiger partial charge on any atom is 0.269 e. The summed E-state index contributed by atoms with van der Waals surface area (Å²) in [6.45, 7) is 0.392. The van der Waals surface area contributed by atoms with Gasteiger partial charge >= 0.3 is 0 Å². The number of rotatable bonds is 5. The maximum atomic E-state index is 10.6. The van der Waals surface area contributed by atoms with Crippen LogP contribution in [0.15, 0.2) is 48.5 Å². The van der Waals surface area contributed by atoms with Gasteiger partial charge in [-0.15, -0.1) is 0 Å². The van der Waals surface area contributed by atoms with Crippen molar-refractivity contribution >= 4 is 28.8 Å². The van der Waals surface area contributed by atoms with Crippen molar-refractivity contribution in [2.45, 2.75) is 6.42 Å². The van der Waals surface area contributed by atoms with Crippen molar-refractivity contribution in [2.24, 2.45) is 0 Å². The largest absolute Gasteiger partial charge is 0.508 e. The Hall–Kier alpha value is -2.67. The van der Waals surface area contributed by atoms with Gasteiger partial charge < -0.3 is 15.2 Å². The normalized spacial score (nSPS) is 10.0. The highest BCUT2D eigenvalue weighted by Gasteiger charge is 2.05. The molecule has 0 unspecified atom stereocenters. The number of nitro benzene ring substituents is 1. The van der Waals surface area contributed by atoms with Crippen LogP contribution in [-0.4, -0.2) is 21.8 Å². The summed E-state index contributed by atoms with van der Waals surface area (Å²) in [6.07, 6.45) is 0.655. The van der Waals surface area contributed by atoms with Gasteiger partial charge in [0.2, 0.25) is 0 Å². The Morgan fingerprint density at radius 2 is 1.82 bits per heavy atom. The quantitative estimate of drug-likeness (QED) is 0.500. The van der Waals surface area contributed by atoms with Crippen LogP contribution in [0.5, 0.6) is 5.75 Å². The summed E-state index contributed by atoms with van der Waals surface area (Å²) < 4.78 is 5.38. The predicted octanol–water partition coefficient (Wildman–Crippen LogP) is 3.26. The van der Waals surface area contributed by atoms with Gasteiger partial charge in [-0.2, -0.15) is 0 Å². The molecule has 0 spiro atoms. The van der Waals surface area contributed by atoms with Crippen LogP contribution in [0.25, 0.3) is 0 Å². The van der Waals surface area contributed by atoms with Crippen molar-refractivity contribution in [3.05, 3.63) is 64.2 Å². The molecule has 114 valence electrons. The molecular formula is C15H14N2O4S. The molecule has 6 nitrogen and oxygen atoms in total. The van der Waals surface area contributed by atoms with E-state index in [9.17, 15) is 15.2 Å². The summed E-state index contributed by atoms with van der Waals surface area (Å²) in [5.74, 6) is 0.222. The highest BCUT2D eigenvalue weighted by atomic mass is 32.1. The molecule has 0 amide bonds. The Balaban J connectivity index is 1.77. The number of benzene rings is 2. The van der Waals surface area contributed by atoms with Crippen LogP contribution >= 0.6 is 12.2 Å². The number of non-ortho nitro benzene ring substituents is 1. The average molecular weight is 318 g/mol. The highest BCUT2D eigenvalue weighted by Crippen LogP contribution is 2.15. The lowest BCUT2D eigenvalue weighted by Crippen LogP contribution is -2.14. The van der Waals surface area contributed by atoms with Gasteiger partial charge in [-0.25, -0.2) is 0 Å². The highest BCUT2D eigenvalue weighted by molar-refractivity contribution is 7.80. The minimum absolute atomic E-state index is 0.0183. The van der Waals surface area contributed by atoms with Gasteiger partial charge in [0, 0.05) is 24.2 Å². The molecular weight excluding hydrogens is 304 g/mol. The molecule has 2 N–H and O–H groups in total. The molecule has 0 fully saturated rings. The number of nitrogens with one attached hydrogen (secondary N) is 1. The fourth-order valence-electron chi connectivity index (χ4n) is 1.74. The van der Waals surface area contributed by atoms with Gasteiger partial charge in [0.05, 0.1) is 11.5 Å². The molecule has 7 heteroatoms. The summed E-state index contributed by atoms with van der Waals surface area (Å²) in [7, 11) is 0. The third-order valence-corrected chi connectivity index (χ3v) is 3.10. The number of nitro groups is 1. The number of nitrogens with zero attached hydrogens (tertiary/aromatic N) is 1. The van der Waals surface area contributed by atoms with E-state index in [0.717, 1.165) is 5.56 Å². The van der Waals surface area contributed by atoms with Crippen molar-refractivity contribution in [2.75, 3.05) is 11.9 Å². The van der Waals surface area contributed by atoms with Crippen molar-refractivity contribution in [1.82, 2.24) is 0 Å². The second-order valence-electron chi connectivity index (χ2n) is 4.48. The first-order chi connectivity index (χ1) is 10.5. The predicted molar refractivity (Wildman–Crippen MR) is 87.1 cm³/mol. The lowest BCUT2D eigenvalue weighted by atomic mass is 10.1. The van der Waals surface area contributed by atoms with E-state index in [-0.39, 0.29) is 16.6 Å². The first-order valence-electron chi connectivity index (χ1n) is 6.51. The third-order valence-electron chi connectivity index (χ3n) is 2.88. The average Bonchev–Trinajstić information content (AvgIpc) is 2.50. The number of aromatic hydroxyl groups is 1. The molecule has 0 atom stereocenters. The summed E-state index contributed by atoms with van der Waals surface area (Å²) in [6, 6.07) is 12.8. The van der Waals surface area contributed by atoms with Crippen LogP contribution in [0.1, 0.15) is 5.56 Å². The van der Waals surface area contributed by atoms with Crippen LogP contribution in [0.4, 0.5) is 11.4 Å². The van der Waals surface area contributed by atoms with Crippen molar-refractivity contribution in [3.8, 4) is 5.75 Å². The van der Waals surface area contributed by atoms with Crippen LogP contribution in [0.2, 0.25) is 0 Å². The Bertz CT molecular complexity index is 656. The molecule has 2 aromatic carbocycles. The van der Waals surface area contributed by atoms with Gasteiger partial charge in [0.15, 0.2) is 0 Å². The molecule has 0 radical (unpaired) electrons. The zero-order valence-electron chi connectivity index (χ0n) is 11.6. The second-order valence-corrected chi connectivity index (χ2v) is 4.85. The fourth-order valence-corrected chi connectivity index (χ4v) is 1.95. The maximum absolute atomic E-state index is 10.6. The summed E-state index contributed by atoms with van der Waals surface area (Å²) in [5.41, 5.74) is 1.67. The summed E-state index contributed by atoms with van der Waals surface area (Å²) >= 11 is 5.05. The smallest absolute Gasteiger partial charge is 0.269 e. The Labute approximate surface area is 132 Å². The van der Waals surface area contributed by atoms with E-state index in [1.807, 2.05) is 12.1 Å². The van der Waals surface area contributed by atoms with Gasteiger partial charge in [-0.05, 0) is 42.0 Å². The van der Waals surface area contributed by atoms with Crippen LogP contribution in [0.3, 0.4) is 0 Å². The zero-order valence-corrected chi connectivity index (χ0v) is 12.4. The number of phenolic OH excluding ortho intramolecular Hbond substituents is 1. The second kappa shape index (κ2) is 7.37. The number of ether oxygens (including phenoxy) is 1. The molecule has 0 aliphatic rings. The molecule has 2 aromatic rings. The van der Waals surface area contributed by atoms with Crippen LogP contribution in [0, 0.1) is 10.1 Å². The summed E-state index contributed by atoms with van der Waals surface area (Å²) in [4.78, 5) is 10.1. The summed E-state index contributed by atoms with van der Waals surface area (Å²) in [5, 5.41) is 22.8. The first kappa shape index (κ1) is 15.7. The van der Waals surface area contributed by atoms with E-state index >= 15 is 0 Å². The number of anilines is 1. The number of thiocarbonyl (C=S) groups is 1. The molecule has 0 saturated heterocycles. The zero-order chi connectivity index (χ0) is 15.9. The molecule has 0 aromatic heterocycles. The Morgan fingerprint density at radius 3 is 2.41 bits per heavy atom. The fraction of sp³-hybridized carbons (Fsp3) is 0.133. The first-order valence-corrected chi connectivity index (χ1v) is 6.91. The van der Waals surface area contributed by atoms with E-state index in [4.69, 9.17) is 17.0 Å². The molecule has 0 saturated carbocycles. The van der Waals surface area contributed by atoms with E-state index < -0.39 is 4.92 Å². The van der Waals surface area contributed by atoms with Gasteiger partial charge in [0.25, 0.3) is 10.9 Å². The monoisotopic (exact) mass is 318 g/mol. The third kappa shape index (κ3) is 4.71. The molecule has 0 aliphatic heterocycles. The molecule has 0 heterocycles. The topological polar surface area (TPSA) is 84.6 Å². The Morgan fingerprint density at radius 1 is 1.18 bits per heavy atom. The minimum Gasteiger partial charge on any atom is -0.508 e. The molecule has 2 rings (SSSR count). The molecule has 0 bridgehead atoms. The number of hydrogen-bond acceptors (Lipinski definition) is 5. The lowest BCUT2D eigenvalue weighted by molar-refractivity contribution is -0.384. The number of hydrogen-bond donors (Lipinski definition) is 2. The van der Waals surface area contributed by atoms with E-state index in [1.54, 1.807) is 24.3 Å². The number of phenols is 1. The van der Waals surface area contributed by atoms with Gasteiger partial charge in [-0.3, -0.25) is 10.1 Å². The van der Waals surface area contributed by atoms with Crippen LogP contribution < -0.4 is 5.32 Å². The van der Waals surface area contributed by atoms with Crippen molar-refractivity contribution < 1.29 is 14.8 Å². The Kier molecular flexibility index (Phi) is 5.26. The standard InChI is InChI=1S/C15H14N2O4S/c18-14-7-1-11(2-8-14)9-10-21-15(22)16-12-3-5-13(6-4-12)17(19)20/h1-8,18H,9-10H2,(H,16,22). The minimum atomic E-state index is -0.462. The van der Waals surface area contributed by atoms with Gasteiger partial charge in [-0.1, -0.05) is 12.1 Å². The SMILES string of the molecule is O=[N+]([O-])c1ccc(NC(=S)OCCc2ccc(O)cc2)cc1. The van der Waals surface area contributed by atoms with Crippen LogP contribution in [-0.2, 0) is 11.2 Å². The van der Waals surface area contributed by atoms with Crippen molar-refractivity contribution in [3.63, 3.8) is 0 Å².